The number of hydrogen-bond donors (Lipinski definition) is 0. The first-order valence-electron chi connectivity index (χ1n) is 14.3. The second kappa shape index (κ2) is 8.91. The second-order valence-corrected chi connectivity index (χ2v) is 12.3. The van der Waals surface area contributed by atoms with Crippen molar-refractivity contribution >= 4 is 53.3 Å². The molecule has 3 heteroatoms. The first-order chi connectivity index (χ1) is 20.8. The molecule has 0 spiro atoms. The largest absolute Gasteiger partial charge is 0.309 e. The van der Waals surface area contributed by atoms with Gasteiger partial charge in [0.15, 0.2) is 0 Å². The number of thiophene rings is 1. The monoisotopic (exact) mass is 552 g/mol. The van der Waals surface area contributed by atoms with Gasteiger partial charge in [0.1, 0.15) is 0 Å². The minimum Gasteiger partial charge on any atom is -0.309 e. The first-order valence-corrected chi connectivity index (χ1v) is 15.2. The Labute approximate surface area is 247 Å². The fraction of sp³-hybridized carbons (Fsp3) is 0.0513. The third kappa shape index (κ3) is 3.30. The smallest absolute Gasteiger partial charge is 0.0991 e. The number of benzene rings is 6. The predicted octanol–water partition coefficient (Wildman–Crippen LogP) is 10.4. The third-order valence-corrected chi connectivity index (χ3v) is 10.2. The molecule has 0 saturated heterocycles. The van der Waals surface area contributed by atoms with E-state index in [-0.39, 0.29) is 5.92 Å². The molecule has 42 heavy (non-hydrogen) atoms. The van der Waals surface area contributed by atoms with Gasteiger partial charge < -0.3 is 4.57 Å². The molecule has 0 N–H and O–H groups in total. The summed E-state index contributed by atoms with van der Waals surface area (Å²) in [4.78, 5) is 0. The van der Waals surface area contributed by atoms with E-state index in [4.69, 9.17) is 0 Å². The molecule has 0 amide bonds. The van der Waals surface area contributed by atoms with Crippen molar-refractivity contribution in [2.45, 2.75) is 12.3 Å². The molecule has 9 rings (SSSR count). The zero-order valence-electron chi connectivity index (χ0n) is 22.7. The van der Waals surface area contributed by atoms with Crippen LogP contribution < -0.4 is 0 Å². The molecular formula is C39H24N2S. The Morgan fingerprint density at radius 3 is 2.14 bits per heavy atom. The molecule has 1 aliphatic rings. The van der Waals surface area contributed by atoms with Gasteiger partial charge in [-0.3, -0.25) is 0 Å². The highest BCUT2D eigenvalue weighted by molar-refractivity contribution is 7.26. The fourth-order valence-corrected chi connectivity index (χ4v) is 8.40. The van der Waals surface area contributed by atoms with E-state index in [2.05, 4.69) is 132 Å². The highest BCUT2D eigenvalue weighted by Crippen LogP contribution is 2.47. The number of rotatable bonds is 2. The summed E-state index contributed by atoms with van der Waals surface area (Å²) in [7, 11) is 0. The quantitative estimate of drug-likeness (QED) is 0.210. The maximum absolute atomic E-state index is 9.54. The minimum absolute atomic E-state index is 0.259. The number of nitrogens with zero attached hydrogens (tertiary/aromatic N) is 2. The van der Waals surface area contributed by atoms with E-state index < -0.39 is 0 Å². The van der Waals surface area contributed by atoms with E-state index >= 15 is 0 Å². The van der Waals surface area contributed by atoms with Gasteiger partial charge in [0, 0.05) is 42.6 Å². The van der Waals surface area contributed by atoms with Crippen LogP contribution in [0.5, 0.6) is 0 Å². The van der Waals surface area contributed by atoms with Gasteiger partial charge in [-0.1, -0.05) is 84.9 Å². The standard InChI is InChI=1S/C39H24N2S/c40-23-24-16-17-25-21-34(28-9-2-1-8-27(28)33(25)20-24)31-12-7-13-32-35-22-26(18-19-38(35)42-39(31)32)41-36-14-5-3-10-29(36)30-11-4-6-15-37(30)41/h1-20,22,34H,21H2. The van der Waals surface area contributed by atoms with Crippen molar-refractivity contribution < 1.29 is 0 Å². The van der Waals surface area contributed by atoms with Crippen molar-refractivity contribution in [1.29, 1.82) is 5.26 Å². The summed E-state index contributed by atoms with van der Waals surface area (Å²) in [5.41, 5.74) is 10.8. The summed E-state index contributed by atoms with van der Waals surface area (Å²) in [6.07, 6.45) is 0.929. The van der Waals surface area contributed by atoms with Crippen LogP contribution in [0.1, 0.15) is 28.2 Å². The zero-order valence-corrected chi connectivity index (χ0v) is 23.5. The van der Waals surface area contributed by atoms with Gasteiger partial charge >= 0.3 is 0 Å². The van der Waals surface area contributed by atoms with E-state index in [1.54, 1.807) is 0 Å². The molecule has 8 aromatic rings. The van der Waals surface area contributed by atoms with Gasteiger partial charge in [0.25, 0.3) is 0 Å². The molecule has 2 heterocycles. The molecule has 0 fully saturated rings. The lowest BCUT2D eigenvalue weighted by Gasteiger charge is -2.28. The van der Waals surface area contributed by atoms with Gasteiger partial charge in [0.05, 0.1) is 22.7 Å². The summed E-state index contributed by atoms with van der Waals surface area (Å²) in [5.74, 6) is 0.259. The van der Waals surface area contributed by atoms with Crippen LogP contribution in [-0.4, -0.2) is 4.57 Å². The van der Waals surface area contributed by atoms with E-state index in [1.165, 1.54) is 75.5 Å². The Morgan fingerprint density at radius 1 is 0.619 bits per heavy atom. The minimum atomic E-state index is 0.259. The SMILES string of the molecule is N#Cc1ccc2c(c1)-c1ccccc1C(c1cccc3c1sc1ccc(-n4c5ccccc5c5ccccc54)cc13)C2. The zero-order chi connectivity index (χ0) is 27.8. The summed E-state index contributed by atoms with van der Waals surface area (Å²) in [6.45, 7) is 0. The summed E-state index contributed by atoms with van der Waals surface area (Å²) in [6, 6.07) is 48.4. The molecule has 0 aliphatic heterocycles. The number of nitriles is 1. The van der Waals surface area contributed by atoms with Gasteiger partial charge in [-0.05, 0) is 76.7 Å². The van der Waals surface area contributed by atoms with Crippen LogP contribution in [0, 0.1) is 11.3 Å². The lowest BCUT2D eigenvalue weighted by Crippen LogP contribution is -2.13. The van der Waals surface area contributed by atoms with Crippen LogP contribution in [0.15, 0.2) is 127 Å². The molecule has 0 saturated carbocycles. The van der Waals surface area contributed by atoms with Crippen LogP contribution in [0.25, 0.3) is 58.8 Å². The Balaban J connectivity index is 1.24. The van der Waals surface area contributed by atoms with Crippen molar-refractivity contribution in [3.05, 3.63) is 150 Å². The first kappa shape index (κ1) is 23.5. The molecule has 0 bridgehead atoms. The van der Waals surface area contributed by atoms with E-state index in [9.17, 15) is 5.26 Å². The Bertz CT molecular complexity index is 2360. The summed E-state index contributed by atoms with van der Waals surface area (Å²) < 4.78 is 5.08. The number of para-hydroxylation sites is 2. The molecule has 2 aromatic heterocycles. The van der Waals surface area contributed by atoms with Gasteiger partial charge in [-0.25, -0.2) is 0 Å². The van der Waals surface area contributed by atoms with E-state index in [1.807, 2.05) is 17.4 Å². The van der Waals surface area contributed by atoms with E-state index in [0.717, 1.165) is 6.42 Å². The number of fused-ring (bicyclic) bond motifs is 9. The summed E-state index contributed by atoms with van der Waals surface area (Å²) in [5, 5.41) is 14.7. The highest BCUT2D eigenvalue weighted by Gasteiger charge is 2.28. The van der Waals surface area contributed by atoms with E-state index in [0.29, 0.717) is 5.56 Å². The summed E-state index contributed by atoms with van der Waals surface area (Å²) >= 11 is 1.90. The van der Waals surface area contributed by atoms with Crippen molar-refractivity contribution in [3.63, 3.8) is 0 Å². The maximum atomic E-state index is 9.54. The van der Waals surface area contributed by atoms with Gasteiger partial charge in [0.2, 0.25) is 0 Å². The third-order valence-electron chi connectivity index (χ3n) is 9.01. The van der Waals surface area contributed by atoms with Crippen LogP contribution in [0.2, 0.25) is 0 Å². The van der Waals surface area contributed by atoms with Crippen LogP contribution in [0.3, 0.4) is 0 Å². The topological polar surface area (TPSA) is 28.7 Å². The lowest BCUT2D eigenvalue weighted by atomic mass is 9.75. The lowest BCUT2D eigenvalue weighted by molar-refractivity contribution is 0.801. The fourth-order valence-electron chi connectivity index (χ4n) is 7.15. The Morgan fingerprint density at radius 2 is 1.33 bits per heavy atom. The molecule has 1 atom stereocenters. The van der Waals surface area contributed by atoms with Crippen molar-refractivity contribution in [3.8, 4) is 22.9 Å². The average Bonchev–Trinajstić information content (AvgIpc) is 3.59. The predicted molar refractivity (Wildman–Crippen MR) is 176 cm³/mol. The Kier molecular flexibility index (Phi) is 4.99. The van der Waals surface area contributed by atoms with Crippen LogP contribution in [-0.2, 0) is 6.42 Å². The molecule has 1 unspecified atom stereocenters. The molecule has 2 nitrogen and oxygen atoms in total. The highest BCUT2D eigenvalue weighted by atomic mass is 32.1. The Hall–Kier alpha value is -5.17. The molecular weight excluding hydrogens is 529 g/mol. The normalized spacial score (nSPS) is 14.3. The molecule has 196 valence electrons. The molecule has 1 aliphatic carbocycles. The van der Waals surface area contributed by atoms with Crippen molar-refractivity contribution in [2.75, 3.05) is 0 Å². The second-order valence-electron chi connectivity index (χ2n) is 11.2. The van der Waals surface area contributed by atoms with Gasteiger partial charge in [-0.15, -0.1) is 11.3 Å². The molecule has 6 aromatic carbocycles. The average molecular weight is 553 g/mol. The maximum Gasteiger partial charge on any atom is 0.0991 e. The number of aromatic nitrogens is 1. The number of hydrogen-bond acceptors (Lipinski definition) is 2. The van der Waals surface area contributed by atoms with Crippen molar-refractivity contribution in [2.24, 2.45) is 0 Å². The van der Waals surface area contributed by atoms with Crippen LogP contribution >= 0.6 is 11.3 Å². The molecule has 0 radical (unpaired) electrons. The van der Waals surface area contributed by atoms with Crippen molar-refractivity contribution in [1.82, 2.24) is 4.57 Å². The van der Waals surface area contributed by atoms with Gasteiger partial charge in [-0.2, -0.15) is 5.26 Å². The van der Waals surface area contributed by atoms with Crippen LogP contribution in [0.4, 0.5) is 0 Å².